The van der Waals surface area contributed by atoms with Gasteiger partial charge in [0, 0.05) is 0 Å². The highest BCUT2D eigenvalue weighted by Gasteiger charge is 2.22. The van der Waals surface area contributed by atoms with Crippen LogP contribution in [0.25, 0.3) is 0 Å². The Hall–Kier alpha value is -2.74. The van der Waals surface area contributed by atoms with Gasteiger partial charge in [0.05, 0.1) is 17.7 Å². The van der Waals surface area contributed by atoms with E-state index in [1.165, 1.54) is 23.5 Å². The van der Waals surface area contributed by atoms with Gasteiger partial charge in [0.25, 0.3) is 5.91 Å². The van der Waals surface area contributed by atoms with E-state index in [-0.39, 0.29) is 12.2 Å². The molecule has 1 aromatic heterocycles. The fourth-order valence-corrected chi connectivity index (χ4v) is 3.45. The molecule has 2 rings (SSSR count). The summed E-state index contributed by atoms with van der Waals surface area (Å²) in [5, 5.41) is 4.77. The van der Waals surface area contributed by atoms with Crippen LogP contribution in [0, 0.1) is 11.7 Å². The minimum Gasteiger partial charge on any atom is -0.462 e. The predicted molar refractivity (Wildman–Crippen MR) is 104 cm³/mol. The predicted octanol–water partition coefficient (Wildman–Crippen LogP) is 4.06. The number of esters is 2. The van der Waals surface area contributed by atoms with Crippen LogP contribution in [0.2, 0.25) is 0 Å². The van der Waals surface area contributed by atoms with Gasteiger partial charge < -0.3 is 14.8 Å². The van der Waals surface area contributed by atoms with Crippen LogP contribution in [-0.4, -0.2) is 31.1 Å². The number of hydrogen-bond donors (Lipinski definition) is 1. The molecule has 8 heteroatoms. The van der Waals surface area contributed by atoms with Crippen molar-refractivity contribution in [3.8, 4) is 0 Å². The van der Waals surface area contributed by atoms with Crippen molar-refractivity contribution in [1.29, 1.82) is 0 Å². The zero-order valence-corrected chi connectivity index (χ0v) is 16.7. The summed E-state index contributed by atoms with van der Waals surface area (Å²) in [6.45, 7) is 5.45. The van der Waals surface area contributed by atoms with E-state index in [4.69, 9.17) is 9.47 Å². The molecule has 1 heterocycles. The molecule has 1 N–H and O–H groups in total. The molecule has 28 heavy (non-hydrogen) atoms. The van der Waals surface area contributed by atoms with E-state index in [0.717, 1.165) is 17.7 Å². The average Bonchev–Trinajstić information content (AvgIpc) is 3.02. The molecule has 0 saturated heterocycles. The molecule has 2 aromatic rings. The Kier molecular flexibility index (Phi) is 7.69. The highest BCUT2D eigenvalue weighted by Crippen LogP contribution is 2.31. The van der Waals surface area contributed by atoms with Crippen LogP contribution in [0.15, 0.2) is 29.6 Å². The lowest BCUT2D eigenvalue weighted by molar-refractivity contribution is -0.119. The molecule has 0 bridgehead atoms. The van der Waals surface area contributed by atoms with Crippen LogP contribution in [0.3, 0.4) is 0 Å². The van der Waals surface area contributed by atoms with Gasteiger partial charge in [-0.15, -0.1) is 11.3 Å². The maximum atomic E-state index is 12.9. The van der Waals surface area contributed by atoms with Gasteiger partial charge in [0.1, 0.15) is 10.8 Å². The first-order valence-corrected chi connectivity index (χ1v) is 9.69. The van der Waals surface area contributed by atoms with Gasteiger partial charge in [-0.2, -0.15) is 0 Å². The lowest BCUT2D eigenvalue weighted by Crippen LogP contribution is -2.22. The first kappa shape index (κ1) is 21.6. The van der Waals surface area contributed by atoms with Crippen molar-refractivity contribution in [2.45, 2.75) is 27.2 Å². The largest absolute Gasteiger partial charge is 0.462 e. The molecule has 0 saturated carbocycles. The van der Waals surface area contributed by atoms with Crippen molar-refractivity contribution in [3.05, 3.63) is 52.2 Å². The van der Waals surface area contributed by atoms with E-state index in [1.807, 2.05) is 19.2 Å². The summed E-state index contributed by atoms with van der Waals surface area (Å²) < 4.78 is 22.9. The molecule has 0 spiro atoms. The minimum absolute atomic E-state index is 0.136. The maximum Gasteiger partial charge on any atom is 0.341 e. The summed E-state index contributed by atoms with van der Waals surface area (Å²) in [5.41, 5.74) is 1.27. The van der Waals surface area contributed by atoms with Crippen molar-refractivity contribution in [3.63, 3.8) is 0 Å². The van der Waals surface area contributed by atoms with Crippen LogP contribution in [0.5, 0.6) is 0 Å². The van der Waals surface area contributed by atoms with E-state index < -0.39 is 30.3 Å². The summed E-state index contributed by atoms with van der Waals surface area (Å²) in [6, 6.07) is 4.80. The average molecular weight is 407 g/mol. The van der Waals surface area contributed by atoms with E-state index in [9.17, 15) is 18.8 Å². The van der Waals surface area contributed by atoms with E-state index in [1.54, 1.807) is 6.92 Å². The highest BCUT2D eigenvalue weighted by molar-refractivity contribution is 7.15. The minimum atomic E-state index is -0.743. The summed E-state index contributed by atoms with van der Waals surface area (Å²) >= 11 is 1.22. The molecular weight excluding hydrogens is 385 g/mol. The highest BCUT2D eigenvalue weighted by atomic mass is 32.1. The zero-order valence-electron chi connectivity index (χ0n) is 15.9. The Morgan fingerprint density at radius 2 is 1.79 bits per heavy atom. The summed E-state index contributed by atoms with van der Waals surface area (Å²) in [7, 11) is 0. The van der Waals surface area contributed by atoms with Gasteiger partial charge in [-0.1, -0.05) is 13.8 Å². The molecule has 0 atom stereocenters. The molecule has 6 nitrogen and oxygen atoms in total. The van der Waals surface area contributed by atoms with E-state index >= 15 is 0 Å². The lowest BCUT2D eigenvalue weighted by Gasteiger charge is -2.10. The number of anilines is 1. The number of halogens is 1. The fourth-order valence-electron chi connectivity index (χ4n) is 2.47. The van der Waals surface area contributed by atoms with Gasteiger partial charge in [-0.05, 0) is 54.5 Å². The Morgan fingerprint density at radius 1 is 1.11 bits per heavy atom. The number of hydrogen-bond acceptors (Lipinski definition) is 6. The number of carbonyl (C=O) groups excluding carboxylic acids is 3. The lowest BCUT2D eigenvalue weighted by atomic mass is 10.0. The third kappa shape index (κ3) is 5.88. The quantitative estimate of drug-likeness (QED) is 0.668. The third-order valence-corrected chi connectivity index (χ3v) is 4.59. The van der Waals surface area contributed by atoms with Crippen molar-refractivity contribution in [2.75, 3.05) is 18.5 Å². The van der Waals surface area contributed by atoms with Crippen LogP contribution < -0.4 is 5.32 Å². The number of benzene rings is 1. The maximum absolute atomic E-state index is 12.9. The van der Waals surface area contributed by atoms with Crippen LogP contribution in [-0.2, 0) is 20.7 Å². The summed E-state index contributed by atoms with van der Waals surface area (Å²) in [4.78, 5) is 36.4. The number of amides is 1. The normalized spacial score (nSPS) is 10.6. The Labute approximate surface area is 166 Å². The van der Waals surface area contributed by atoms with Crippen LogP contribution in [0.1, 0.15) is 47.1 Å². The van der Waals surface area contributed by atoms with E-state index in [2.05, 4.69) is 5.32 Å². The number of nitrogens with one attached hydrogen (secondary N) is 1. The Morgan fingerprint density at radius 3 is 2.39 bits per heavy atom. The van der Waals surface area contributed by atoms with Gasteiger partial charge >= 0.3 is 11.9 Å². The fraction of sp³-hybridized carbons (Fsp3) is 0.350. The first-order valence-electron chi connectivity index (χ1n) is 8.81. The molecule has 1 amide bonds. The second-order valence-corrected chi connectivity index (χ2v) is 7.29. The molecule has 1 aromatic carbocycles. The van der Waals surface area contributed by atoms with Crippen molar-refractivity contribution < 1.29 is 28.2 Å². The first-order chi connectivity index (χ1) is 13.3. The zero-order chi connectivity index (χ0) is 20.7. The van der Waals surface area contributed by atoms with Crippen molar-refractivity contribution in [1.82, 2.24) is 0 Å². The Bertz CT molecular complexity index is 845. The molecular formula is C20H22FNO5S. The molecule has 0 aliphatic rings. The van der Waals surface area contributed by atoms with Gasteiger partial charge in [-0.3, -0.25) is 4.79 Å². The number of carbonyl (C=O) groups is 3. The summed E-state index contributed by atoms with van der Waals surface area (Å²) in [6.07, 6.45) is 0.667. The molecule has 0 unspecified atom stereocenters. The van der Waals surface area contributed by atoms with Gasteiger partial charge in [0.15, 0.2) is 6.61 Å². The van der Waals surface area contributed by atoms with Gasteiger partial charge in [-0.25, -0.2) is 14.0 Å². The molecule has 0 aliphatic heterocycles. The molecule has 0 fully saturated rings. The van der Waals surface area contributed by atoms with E-state index in [0.29, 0.717) is 22.9 Å². The molecule has 0 aliphatic carbocycles. The number of thiophene rings is 1. The van der Waals surface area contributed by atoms with Crippen molar-refractivity contribution >= 4 is 34.2 Å². The van der Waals surface area contributed by atoms with Crippen LogP contribution >= 0.6 is 11.3 Å². The summed E-state index contributed by atoms with van der Waals surface area (Å²) in [5.74, 6) is -1.98. The Balaban J connectivity index is 2.04. The number of ether oxygens (including phenoxy) is 2. The third-order valence-electron chi connectivity index (χ3n) is 3.64. The van der Waals surface area contributed by atoms with Crippen molar-refractivity contribution in [2.24, 2.45) is 5.92 Å². The SMILES string of the molecule is CCOC(=O)c1c(CC(C)C)csc1NC(=O)COC(=O)c1ccc(F)cc1. The smallest absolute Gasteiger partial charge is 0.341 e. The number of rotatable bonds is 8. The second kappa shape index (κ2) is 9.98. The molecule has 0 radical (unpaired) electrons. The second-order valence-electron chi connectivity index (χ2n) is 6.41. The topological polar surface area (TPSA) is 81.7 Å². The van der Waals surface area contributed by atoms with Gasteiger partial charge in [0.2, 0.25) is 0 Å². The molecule has 150 valence electrons. The monoisotopic (exact) mass is 407 g/mol. The van der Waals surface area contributed by atoms with Crippen LogP contribution in [0.4, 0.5) is 9.39 Å². The standard InChI is InChI=1S/C20H22FNO5S/c1-4-26-20(25)17-14(9-12(2)3)11-28-18(17)22-16(23)10-27-19(24)13-5-7-15(21)8-6-13/h5-8,11-12H,4,9-10H2,1-3H3,(H,22,23).